The summed E-state index contributed by atoms with van der Waals surface area (Å²) in [6.07, 6.45) is 33.7. The third kappa shape index (κ3) is 27.2. The Bertz CT molecular complexity index is 400. The number of carbonyl (C=O) groups is 1. The van der Waals surface area contributed by atoms with E-state index in [0.29, 0.717) is 6.42 Å². The lowest BCUT2D eigenvalue weighted by Crippen LogP contribution is -1.93. The average Bonchev–Trinajstić information content (AvgIpc) is 2.75. The third-order valence-corrected chi connectivity index (χ3v) is 6.51. The molecule has 2 heteroatoms. The molecule has 31 heavy (non-hydrogen) atoms. The summed E-state index contributed by atoms with van der Waals surface area (Å²) in [6, 6.07) is 0. The van der Waals surface area contributed by atoms with Crippen molar-refractivity contribution < 1.29 is 9.90 Å². The normalized spacial score (nSPS) is 11.9. The fourth-order valence-electron chi connectivity index (χ4n) is 4.35. The number of unbranched alkanes of at least 4 members (excludes halogenated alkanes) is 20. The van der Waals surface area contributed by atoms with Gasteiger partial charge in [-0.05, 0) is 39.0 Å². The summed E-state index contributed by atoms with van der Waals surface area (Å²) in [4.78, 5) is 10.4. The SMILES string of the molecule is CCCCCCCCCCCCC/C=C(\C)CCCCCCCCCCCCC(=O)O. The third-order valence-electron chi connectivity index (χ3n) is 6.51. The van der Waals surface area contributed by atoms with Crippen LogP contribution in [0.2, 0.25) is 0 Å². The van der Waals surface area contributed by atoms with E-state index in [9.17, 15) is 4.79 Å². The number of allylic oxidation sites excluding steroid dienone is 2. The van der Waals surface area contributed by atoms with Crippen molar-refractivity contribution in [1.82, 2.24) is 0 Å². The molecule has 1 N–H and O–H groups in total. The van der Waals surface area contributed by atoms with Gasteiger partial charge < -0.3 is 5.11 Å². The zero-order valence-corrected chi connectivity index (χ0v) is 21.4. The van der Waals surface area contributed by atoms with Crippen LogP contribution in [0.4, 0.5) is 0 Å². The van der Waals surface area contributed by atoms with Gasteiger partial charge in [-0.15, -0.1) is 0 Å². The van der Waals surface area contributed by atoms with E-state index >= 15 is 0 Å². The molecule has 0 rings (SSSR count). The molecule has 0 saturated heterocycles. The first-order valence-corrected chi connectivity index (χ1v) is 14.0. The molecule has 0 atom stereocenters. The highest BCUT2D eigenvalue weighted by Gasteiger charge is 1.98. The Balaban J connectivity index is 3.24. The zero-order chi connectivity index (χ0) is 22.8. The van der Waals surface area contributed by atoms with Crippen LogP contribution in [0.1, 0.15) is 168 Å². The van der Waals surface area contributed by atoms with Crippen LogP contribution in [0.25, 0.3) is 0 Å². The minimum atomic E-state index is -0.654. The average molecular weight is 437 g/mol. The van der Waals surface area contributed by atoms with Crippen molar-refractivity contribution in [3.63, 3.8) is 0 Å². The molecule has 0 heterocycles. The first-order valence-electron chi connectivity index (χ1n) is 14.0. The molecule has 184 valence electrons. The minimum absolute atomic E-state index is 0.340. The molecular formula is C29H56O2. The van der Waals surface area contributed by atoms with Gasteiger partial charge in [0.2, 0.25) is 0 Å². The van der Waals surface area contributed by atoms with E-state index in [1.807, 2.05) is 0 Å². The van der Waals surface area contributed by atoms with E-state index < -0.39 is 5.97 Å². The van der Waals surface area contributed by atoms with E-state index in [1.165, 1.54) is 135 Å². The molecule has 2 nitrogen and oxygen atoms in total. The van der Waals surface area contributed by atoms with Crippen molar-refractivity contribution in [3.05, 3.63) is 11.6 Å². The van der Waals surface area contributed by atoms with Crippen molar-refractivity contribution in [2.24, 2.45) is 0 Å². The van der Waals surface area contributed by atoms with Gasteiger partial charge in [-0.2, -0.15) is 0 Å². The Labute approximate surface area is 195 Å². The number of carboxylic acids is 1. The van der Waals surface area contributed by atoms with E-state index in [2.05, 4.69) is 19.9 Å². The van der Waals surface area contributed by atoms with Gasteiger partial charge in [-0.3, -0.25) is 4.79 Å². The maximum Gasteiger partial charge on any atom is 0.303 e. The zero-order valence-electron chi connectivity index (χ0n) is 21.4. The van der Waals surface area contributed by atoms with Gasteiger partial charge in [0.25, 0.3) is 0 Å². The Hall–Kier alpha value is -0.790. The van der Waals surface area contributed by atoms with Crippen LogP contribution in [0.5, 0.6) is 0 Å². The molecule has 0 aliphatic carbocycles. The van der Waals surface area contributed by atoms with Gasteiger partial charge >= 0.3 is 5.97 Å². The largest absolute Gasteiger partial charge is 0.481 e. The Morgan fingerprint density at radius 3 is 1.32 bits per heavy atom. The van der Waals surface area contributed by atoms with E-state index in [1.54, 1.807) is 5.57 Å². The van der Waals surface area contributed by atoms with E-state index in [4.69, 9.17) is 5.11 Å². The van der Waals surface area contributed by atoms with Crippen molar-refractivity contribution in [1.29, 1.82) is 0 Å². The summed E-state index contributed by atoms with van der Waals surface area (Å²) >= 11 is 0. The summed E-state index contributed by atoms with van der Waals surface area (Å²) in [7, 11) is 0. The molecule has 0 aliphatic rings. The van der Waals surface area contributed by atoms with Gasteiger partial charge in [0.05, 0.1) is 0 Å². The first-order chi connectivity index (χ1) is 15.2. The quantitative estimate of drug-likeness (QED) is 0.114. The number of carboxylic acid groups (broad SMARTS) is 1. The highest BCUT2D eigenvalue weighted by atomic mass is 16.4. The second kappa shape index (κ2) is 25.5. The molecule has 0 aliphatic heterocycles. The Kier molecular flexibility index (Phi) is 24.8. The van der Waals surface area contributed by atoms with Crippen LogP contribution in [-0.2, 0) is 4.79 Å². The summed E-state index contributed by atoms with van der Waals surface area (Å²) in [5.74, 6) is -0.654. The van der Waals surface area contributed by atoms with Gasteiger partial charge in [0, 0.05) is 6.42 Å². The Morgan fingerprint density at radius 1 is 0.548 bits per heavy atom. The lowest BCUT2D eigenvalue weighted by atomic mass is 10.0. The van der Waals surface area contributed by atoms with Gasteiger partial charge in [-0.25, -0.2) is 0 Å². The van der Waals surface area contributed by atoms with Crippen molar-refractivity contribution in [2.45, 2.75) is 168 Å². The molecule has 0 aromatic rings. The predicted molar refractivity (Wildman–Crippen MR) is 138 cm³/mol. The van der Waals surface area contributed by atoms with Gasteiger partial charge in [-0.1, -0.05) is 134 Å². The van der Waals surface area contributed by atoms with Crippen LogP contribution in [0.15, 0.2) is 11.6 Å². The lowest BCUT2D eigenvalue weighted by Gasteiger charge is -2.04. The van der Waals surface area contributed by atoms with Crippen molar-refractivity contribution >= 4 is 5.97 Å². The molecule has 0 spiro atoms. The van der Waals surface area contributed by atoms with E-state index in [0.717, 1.165) is 12.8 Å². The lowest BCUT2D eigenvalue weighted by molar-refractivity contribution is -0.137. The van der Waals surface area contributed by atoms with Crippen molar-refractivity contribution in [3.8, 4) is 0 Å². The Morgan fingerprint density at radius 2 is 0.903 bits per heavy atom. The van der Waals surface area contributed by atoms with Crippen LogP contribution in [-0.4, -0.2) is 11.1 Å². The molecule has 0 amide bonds. The molecule has 0 saturated carbocycles. The number of hydrogen-bond acceptors (Lipinski definition) is 1. The molecule has 0 bridgehead atoms. The summed E-state index contributed by atoms with van der Waals surface area (Å²) in [5, 5.41) is 8.61. The van der Waals surface area contributed by atoms with Crippen molar-refractivity contribution in [2.75, 3.05) is 0 Å². The second-order valence-electron chi connectivity index (χ2n) is 9.80. The van der Waals surface area contributed by atoms with Gasteiger partial charge in [0.1, 0.15) is 0 Å². The molecule has 0 aromatic heterocycles. The maximum atomic E-state index is 10.4. The summed E-state index contributed by atoms with van der Waals surface area (Å²) in [5.41, 5.74) is 1.61. The minimum Gasteiger partial charge on any atom is -0.481 e. The van der Waals surface area contributed by atoms with Crippen LogP contribution >= 0.6 is 0 Å². The van der Waals surface area contributed by atoms with E-state index in [-0.39, 0.29) is 0 Å². The maximum absolute atomic E-state index is 10.4. The monoisotopic (exact) mass is 436 g/mol. The van der Waals surface area contributed by atoms with Crippen LogP contribution < -0.4 is 0 Å². The highest BCUT2D eigenvalue weighted by molar-refractivity contribution is 5.66. The molecule has 0 unspecified atom stereocenters. The molecule has 0 aromatic carbocycles. The number of aliphatic carboxylic acids is 1. The predicted octanol–water partition coefficient (Wildman–Crippen LogP) is 10.4. The first kappa shape index (κ1) is 30.2. The number of rotatable bonds is 25. The van der Waals surface area contributed by atoms with Gasteiger partial charge in [0.15, 0.2) is 0 Å². The standard InChI is InChI=1S/C29H56O2/c1-3-4-5-6-7-8-9-10-13-16-19-22-25-28(2)26-23-20-17-14-11-12-15-18-21-24-27-29(30)31/h25H,3-24,26-27H2,1-2H3,(H,30,31)/b28-25+. The molecule has 0 fully saturated rings. The smallest absolute Gasteiger partial charge is 0.303 e. The fourth-order valence-corrected chi connectivity index (χ4v) is 4.35. The second-order valence-corrected chi connectivity index (χ2v) is 9.80. The molecular weight excluding hydrogens is 380 g/mol. The topological polar surface area (TPSA) is 37.3 Å². The summed E-state index contributed by atoms with van der Waals surface area (Å²) < 4.78 is 0. The fraction of sp³-hybridized carbons (Fsp3) is 0.897. The number of hydrogen-bond donors (Lipinski definition) is 1. The highest BCUT2D eigenvalue weighted by Crippen LogP contribution is 2.16. The molecule has 0 radical (unpaired) electrons. The summed E-state index contributed by atoms with van der Waals surface area (Å²) in [6.45, 7) is 4.61. The van der Waals surface area contributed by atoms with Crippen LogP contribution in [0.3, 0.4) is 0 Å². The van der Waals surface area contributed by atoms with Crippen LogP contribution in [0, 0.1) is 0 Å².